The third kappa shape index (κ3) is 5.10. The number of piperidine rings is 1. The van der Waals surface area contributed by atoms with E-state index in [9.17, 15) is 13.6 Å². The molecule has 1 aliphatic rings. The number of aryl methyl sites for hydroxylation is 2. The zero-order valence-corrected chi connectivity index (χ0v) is 18.2. The smallest absolute Gasteiger partial charge is 0.225 e. The second kappa shape index (κ2) is 9.42. The SMILES string of the molecule is Cc1ccc(-c2ccc(N3CCC[C@@H](C(=O)NCc4cc(F)cc(F)c4)C3)nn2)cc1C. The topological polar surface area (TPSA) is 58.1 Å². The van der Waals surface area contributed by atoms with E-state index >= 15 is 0 Å². The zero-order valence-electron chi connectivity index (χ0n) is 18.2. The Balaban J connectivity index is 1.38. The van der Waals surface area contributed by atoms with Crippen molar-refractivity contribution < 1.29 is 13.6 Å². The van der Waals surface area contributed by atoms with Gasteiger partial charge < -0.3 is 10.2 Å². The van der Waals surface area contributed by atoms with Crippen molar-refractivity contribution in [2.75, 3.05) is 18.0 Å². The number of amides is 1. The van der Waals surface area contributed by atoms with Crippen molar-refractivity contribution in [3.05, 3.63) is 76.9 Å². The average molecular weight is 437 g/mol. The standard InChI is InChI=1S/C25H26F2N4O/c1-16-5-6-19(10-17(16)2)23-7-8-24(30-29-23)31-9-3-4-20(15-31)25(32)28-14-18-11-21(26)13-22(27)12-18/h5-8,10-13,20H,3-4,9,14-15H2,1-2H3,(H,28,32)/t20-/m1/s1. The minimum atomic E-state index is -0.652. The summed E-state index contributed by atoms with van der Waals surface area (Å²) in [6, 6.07) is 13.4. The van der Waals surface area contributed by atoms with Crippen molar-refractivity contribution >= 4 is 11.7 Å². The molecule has 32 heavy (non-hydrogen) atoms. The lowest BCUT2D eigenvalue weighted by atomic mass is 9.97. The highest BCUT2D eigenvalue weighted by Gasteiger charge is 2.26. The molecule has 4 rings (SSSR count). The van der Waals surface area contributed by atoms with Crippen molar-refractivity contribution in [1.29, 1.82) is 0 Å². The first-order valence-corrected chi connectivity index (χ1v) is 10.8. The van der Waals surface area contributed by atoms with E-state index in [1.165, 1.54) is 23.3 Å². The molecule has 2 heterocycles. The van der Waals surface area contributed by atoms with E-state index in [4.69, 9.17) is 0 Å². The van der Waals surface area contributed by atoms with E-state index in [2.05, 4.69) is 46.4 Å². The summed E-state index contributed by atoms with van der Waals surface area (Å²) in [4.78, 5) is 14.7. The number of anilines is 1. The first-order valence-electron chi connectivity index (χ1n) is 10.8. The summed E-state index contributed by atoms with van der Waals surface area (Å²) < 4.78 is 26.7. The number of halogens is 2. The lowest BCUT2D eigenvalue weighted by molar-refractivity contribution is -0.125. The van der Waals surface area contributed by atoms with Gasteiger partial charge in [-0.25, -0.2) is 8.78 Å². The normalized spacial score (nSPS) is 16.1. The van der Waals surface area contributed by atoms with E-state index < -0.39 is 11.6 Å². The highest BCUT2D eigenvalue weighted by molar-refractivity contribution is 5.79. The van der Waals surface area contributed by atoms with Crippen LogP contribution in [0.4, 0.5) is 14.6 Å². The van der Waals surface area contributed by atoms with E-state index in [1.807, 2.05) is 18.2 Å². The lowest BCUT2D eigenvalue weighted by Crippen LogP contribution is -2.43. The van der Waals surface area contributed by atoms with Gasteiger partial charge in [-0.3, -0.25) is 4.79 Å². The third-order valence-corrected chi connectivity index (χ3v) is 5.96. The average Bonchev–Trinajstić information content (AvgIpc) is 2.79. The number of carbonyl (C=O) groups is 1. The van der Waals surface area contributed by atoms with Gasteiger partial charge in [-0.1, -0.05) is 12.1 Å². The molecule has 1 amide bonds. The molecule has 0 aliphatic carbocycles. The number of benzene rings is 2. The monoisotopic (exact) mass is 436 g/mol. The molecule has 0 spiro atoms. The largest absolute Gasteiger partial charge is 0.354 e. The molecule has 5 nitrogen and oxygen atoms in total. The Morgan fingerprint density at radius 3 is 2.50 bits per heavy atom. The van der Waals surface area contributed by atoms with Crippen molar-refractivity contribution in [3.63, 3.8) is 0 Å². The Hall–Kier alpha value is -3.35. The van der Waals surface area contributed by atoms with Crippen LogP contribution in [0.5, 0.6) is 0 Å². The second-order valence-electron chi connectivity index (χ2n) is 8.36. The van der Waals surface area contributed by atoms with Crippen LogP contribution in [0.2, 0.25) is 0 Å². The van der Waals surface area contributed by atoms with Crippen molar-refractivity contribution in [2.45, 2.75) is 33.2 Å². The van der Waals surface area contributed by atoms with Gasteiger partial charge in [0.1, 0.15) is 11.6 Å². The highest BCUT2D eigenvalue weighted by Crippen LogP contribution is 2.24. The van der Waals surface area contributed by atoms with Gasteiger partial charge in [-0.2, -0.15) is 0 Å². The van der Waals surface area contributed by atoms with Crippen LogP contribution in [0.1, 0.15) is 29.5 Å². The Labute approximate surface area is 186 Å². The Morgan fingerprint density at radius 2 is 1.81 bits per heavy atom. The van der Waals surface area contributed by atoms with Gasteiger partial charge in [0.05, 0.1) is 11.6 Å². The van der Waals surface area contributed by atoms with Crippen LogP contribution in [0.25, 0.3) is 11.3 Å². The van der Waals surface area contributed by atoms with Crippen LogP contribution in [-0.4, -0.2) is 29.2 Å². The van der Waals surface area contributed by atoms with Crippen LogP contribution < -0.4 is 10.2 Å². The van der Waals surface area contributed by atoms with Crippen molar-refractivity contribution in [2.24, 2.45) is 5.92 Å². The molecule has 0 radical (unpaired) electrons. The summed E-state index contributed by atoms with van der Waals surface area (Å²) >= 11 is 0. The summed E-state index contributed by atoms with van der Waals surface area (Å²) in [7, 11) is 0. The van der Waals surface area contributed by atoms with Crippen LogP contribution in [0.15, 0.2) is 48.5 Å². The third-order valence-electron chi connectivity index (χ3n) is 5.96. The van der Waals surface area contributed by atoms with Gasteiger partial charge in [0.25, 0.3) is 0 Å². The Morgan fingerprint density at radius 1 is 1.03 bits per heavy atom. The zero-order chi connectivity index (χ0) is 22.7. The summed E-state index contributed by atoms with van der Waals surface area (Å²) in [5.41, 5.74) is 4.68. The van der Waals surface area contributed by atoms with Gasteiger partial charge >= 0.3 is 0 Å². The van der Waals surface area contributed by atoms with Gasteiger partial charge in [0, 0.05) is 31.3 Å². The number of hydrogen-bond donors (Lipinski definition) is 1. The van der Waals surface area contributed by atoms with Gasteiger partial charge in [0.2, 0.25) is 5.91 Å². The molecule has 3 aromatic rings. The van der Waals surface area contributed by atoms with Gasteiger partial charge in [-0.05, 0) is 73.7 Å². The number of nitrogens with one attached hydrogen (secondary N) is 1. The minimum absolute atomic E-state index is 0.0917. The molecule has 1 atom stereocenters. The second-order valence-corrected chi connectivity index (χ2v) is 8.36. The number of carbonyl (C=O) groups excluding carboxylic acids is 1. The van der Waals surface area contributed by atoms with Crippen LogP contribution in [0.3, 0.4) is 0 Å². The van der Waals surface area contributed by atoms with Crippen molar-refractivity contribution in [3.8, 4) is 11.3 Å². The fourth-order valence-electron chi connectivity index (χ4n) is 3.99. The number of hydrogen-bond acceptors (Lipinski definition) is 4. The molecule has 1 aromatic heterocycles. The molecule has 0 unspecified atom stereocenters. The van der Waals surface area contributed by atoms with Crippen molar-refractivity contribution in [1.82, 2.24) is 15.5 Å². The molecule has 1 aliphatic heterocycles. The molecule has 1 N–H and O–H groups in total. The summed E-state index contributed by atoms with van der Waals surface area (Å²) in [5.74, 6) is -0.911. The maximum Gasteiger partial charge on any atom is 0.225 e. The van der Waals surface area contributed by atoms with Gasteiger partial charge in [-0.15, -0.1) is 10.2 Å². The number of rotatable bonds is 5. The minimum Gasteiger partial charge on any atom is -0.354 e. The molecule has 0 saturated carbocycles. The fraction of sp³-hybridized carbons (Fsp3) is 0.320. The molecule has 166 valence electrons. The van der Waals surface area contributed by atoms with Crippen LogP contribution in [-0.2, 0) is 11.3 Å². The van der Waals surface area contributed by atoms with E-state index in [0.717, 1.165) is 42.5 Å². The molecule has 1 fully saturated rings. The van der Waals surface area contributed by atoms with Gasteiger partial charge in [0.15, 0.2) is 5.82 Å². The molecule has 1 saturated heterocycles. The Kier molecular flexibility index (Phi) is 6.44. The molecule has 0 bridgehead atoms. The van der Waals surface area contributed by atoms with Crippen LogP contribution in [0, 0.1) is 31.4 Å². The van der Waals surface area contributed by atoms with E-state index in [1.54, 1.807) is 0 Å². The first-order chi connectivity index (χ1) is 15.4. The predicted molar refractivity (Wildman–Crippen MR) is 120 cm³/mol. The van der Waals surface area contributed by atoms with E-state index in [-0.39, 0.29) is 18.4 Å². The van der Waals surface area contributed by atoms with E-state index in [0.29, 0.717) is 12.1 Å². The summed E-state index contributed by atoms with van der Waals surface area (Å²) in [6.45, 7) is 5.57. The fourth-order valence-corrected chi connectivity index (χ4v) is 3.99. The quantitative estimate of drug-likeness (QED) is 0.637. The predicted octanol–water partition coefficient (Wildman–Crippen LogP) is 4.57. The lowest BCUT2D eigenvalue weighted by Gasteiger charge is -2.32. The van der Waals surface area contributed by atoms with Crippen LogP contribution >= 0.6 is 0 Å². The maximum atomic E-state index is 13.3. The number of aromatic nitrogens is 2. The molecule has 7 heteroatoms. The summed E-state index contributed by atoms with van der Waals surface area (Å²) in [5, 5.41) is 11.6. The molecular weight excluding hydrogens is 410 g/mol. The molecule has 2 aromatic carbocycles. The maximum absolute atomic E-state index is 13.3. The Bertz CT molecular complexity index is 1100. The highest BCUT2D eigenvalue weighted by atomic mass is 19.1. The first kappa shape index (κ1) is 21.9. The number of nitrogens with zero attached hydrogens (tertiary/aromatic N) is 3. The molecular formula is C25H26F2N4O. The summed E-state index contributed by atoms with van der Waals surface area (Å²) in [6.07, 6.45) is 1.61.